The molecule has 4 aromatic rings. The first-order chi connectivity index (χ1) is 18.9. The lowest BCUT2D eigenvalue weighted by Crippen LogP contribution is -2.09. The Morgan fingerprint density at radius 3 is 1.90 bits per heavy atom. The van der Waals surface area contributed by atoms with E-state index in [0.29, 0.717) is 0 Å². The summed E-state index contributed by atoms with van der Waals surface area (Å²) in [6, 6.07) is 31.8. The number of hydrogen-bond donors (Lipinski definition) is 2. The molecule has 0 aliphatic rings. The summed E-state index contributed by atoms with van der Waals surface area (Å²) in [4.78, 5) is 1.31. The molecule has 39 heavy (non-hydrogen) atoms. The van der Waals surface area contributed by atoms with Crippen LogP contribution in [0.1, 0.15) is 27.8 Å². The van der Waals surface area contributed by atoms with E-state index in [4.69, 9.17) is 18.2 Å². The number of nitrogens with one attached hydrogen (secondary N) is 1. The van der Waals surface area contributed by atoms with E-state index in [9.17, 15) is 0 Å². The second-order valence-corrected chi connectivity index (χ2v) is 10.5. The van der Waals surface area contributed by atoms with Gasteiger partial charge in [-0.15, -0.1) is 11.8 Å². The van der Waals surface area contributed by atoms with Crippen LogP contribution in [-0.2, 0) is 24.1 Å². The Kier molecular flexibility index (Phi) is 12.4. The normalized spacial score (nSPS) is 11.2. The summed E-state index contributed by atoms with van der Waals surface area (Å²) in [5.74, 6) is 2.79. The average Bonchev–Trinajstić information content (AvgIpc) is 2.95. The van der Waals surface area contributed by atoms with Crippen LogP contribution in [0.2, 0.25) is 0 Å². The molecule has 4 rings (SSSR count). The van der Waals surface area contributed by atoms with Gasteiger partial charge < -0.3 is 19.3 Å². The molecule has 0 saturated carbocycles. The van der Waals surface area contributed by atoms with E-state index in [0.717, 1.165) is 36.6 Å². The Bertz CT molecular complexity index is 1310. The van der Waals surface area contributed by atoms with Crippen LogP contribution in [0.4, 0.5) is 5.69 Å². The molecule has 3 N–H and O–H groups in total. The van der Waals surface area contributed by atoms with Crippen molar-refractivity contribution in [3.63, 3.8) is 0 Å². The third-order valence-corrected chi connectivity index (χ3v) is 7.23. The molecule has 0 aliphatic carbocycles. The van der Waals surface area contributed by atoms with Crippen molar-refractivity contribution in [3.8, 4) is 11.5 Å². The highest BCUT2D eigenvalue weighted by Gasteiger charge is 2.12. The molecule has 0 radical (unpaired) electrons. The first-order valence-electron chi connectivity index (χ1n) is 12.5. The van der Waals surface area contributed by atoms with Gasteiger partial charge in [-0.25, -0.2) is 0 Å². The van der Waals surface area contributed by atoms with Gasteiger partial charge in [0.25, 0.3) is 0 Å². The maximum Gasteiger partial charge on any atom is 0.118 e. The molecule has 0 saturated heterocycles. The van der Waals surface area contributed by atoms with Crippen LogP contribution >= 0.6 is 11.8 Å². The molecule has 0 aliphatic heterocycles. The number of nitrogens with two attached hydrogens (primary N) is 1. The van der Waals surface area contributed by atoms with E-state index in [2.05, 4.69) is 84.1 Å². The number of benzene rings is 4. The number of thioether (sulfide) groups is 1. The third-order valence-electron chi connectivity index (χ3n) is 6.22. The topological polar surface area (TPSA) is 96.6 Å². The summed E-state index contributed by atoms with van der Waals surface area (Å²) in [6.45, 7) is 3.16. The molecule has 8 heteroatoms. The fourth-order valence-electron chi connectivity index (χ4n) is 4.20. The van der Waals surface area contributed by atoms with Crippen molar-refractivity contribution in [2.24, 2.45) is 5.14 Å². The summed E-state index contributed by atoms with van der Waals surface area (Å²) in [7, 11) is 3.41. The zero-order valence-corrected chi connectivity index (χ0v) is 24.1. The predicted octanol–water partition coefficient (Wildman–Crippen LogP) is 6.14. The van der Waals surface area contributed by atoms with E-state index < -0.39 is 11.3 Å². The summed E-state index contributed by atoms with van der Waals surface area (Å²) < 4.78 is 28.2. The maximum absolute atomic E-state index is 8.78. The molecule has 206 valence electrons. The van der Waals surface area contributed by atoms with Crippen LogP contribution in [0.3, 0.4) is 0 Å². The highest BCUT2D eigenvalue weighted by molar-refractivity contribution is 7.99. The minimum absolute atomic E-state index is 0.885. The number of anilines is 1. The minimum Gasteiger partial charge on any atom is -0.760 e. The number of hydrogen-bond acceptors (Lipinski definition) is 6. The summed E-state index contributed by atoms with van der Waals surface area (Å²) in [6.07, 6.45) is 1.77. The summed E-state index contributed by atoms with van der Waals surface area (Å²) in [5, 5.41) is 7.70. The predicted molar refractivity (Wildman–Crippen MR) is 162 cm³/mol. The fraction of sp³-hybridized carbons (Fsp3) is 0.226. The molecule has 0 fully saturated rings. The lowest BCUT2D eigenvalue weighted by atomic mass is 9.90. The Hall–Kier alpha value is -3.30. The Morgan fingerprint density at radius 2 is 1.36 bits per heavy atom. The van der Waals surface area contributed by atoms with Crippen LogP contribution in [-0.4, -0.2) is 35.3 Å². The van der Waals surface area contributed by atoms with Gasteiger partial charge in [0, 0.05) is 34.1 Å². The zero-order chi connectivity index (χ0) is 28.0. The van der Waals surface area contributed by atoms with E-state index >= 15 is 0 Å². The molecular weight excluding hydrogens is 528 g/mol. The van der Waals surface area contributed by atoms with Crippen molar-refractivity contribution in [1.82, 2.24) is 0 Å². The molecule has 4 aromatic carbocycles. The second-order valence-electron chi connectivity index (χ2n) is 8.77. The molecule has 0 aromatic heterocycles. The molecule has 1 atom stereocenters. The number of methoxy groups -OCH3 is 2. The lowest BCUT2D eigenvalue weighted by molar-refractivity contribution is 0.414. The Balaban J connectivity index is 0.000000983. The molecule has 0 bridgehead atoms. The van der Waals surface area contributed by atoms with Gasteiger partial charge in [0.1, 0.15) is 11.5 Å². The Labute approximate surface area is 238 Å². The van der Waals surface area contributed by atoms with E-state index in [1.165, 1.54) is 38.4 Å². The molecule has 0 amide bonds. The highest BCUT2D eigenvalue weighted by atomic mass is 32.2. The van der Waals surface area contributed by atoms with Crippen molar-refractivity contribution in [1.29, 1.82) is 0 Å². The molecule has 0 heterocycles. The van der Waals surface area contributed by atoms with Crippen LogP contribution in [0, 0.1) is 6.92 Å². The van der Waals surface area contributed by atoms with Gasteiger partial charge in [0.05, 0.1) is 14.2 Å². The van der Waals surface area contributed by atoms with Crippen molar-refractivity contribution in [2.45, 2.75) is 24.7 Å². The SMILES string of the molecule is COc1ccc(Cc2ccc(NCCSc3ccccc3)c(C)c2Cc2ccc(OC)cc2)cc1.NS(=O)[O-]. The van der Waals surface area contributed by atoms with Gasteiger partial charge in [-0.1, -0.05) is 48.5 Å². The largest absolute Gasteiger partial charge is 0.760 e. The fourth-order valence-corrected chi connectivity index (χ4v) is 4.99. The van der Waals surface area contributed by atoms with Gasteiger partial charge in [-0.05, 0) is 90.0 Å². The highest BCUT2D eigenvalue weighted by Crippen LogP contribution is 2.29. The first-order valence-corrected chi connectivity index (χ1v) is 14.6. The minimum atomic E-state index is -2.36. The third kappa shape index (κ3) is 10.1. The molecular formula is C31H35N2O4S2-. The Morgan fingerprint density at radius 1 is 0.821 bits per heavy atom. The smallest absolute Gasteiger partial charge is 0.118 e. The quantitative estimate of drug-likeness (QED) is 0.129. The summed E-state index contributed by atoms with van der Waals surface area (Å²) in [5.41, 5.74) is 7.82. The number of ether oxygens (including phenoxy) is 2. The zero-order valence-electron chi connectivity index (χ0n) is 22.5. The first kappa shape index (κ1) is 30.2. The van der Waals surface area contributed by atoms with Crippen molar-refractivity contribution >= 4 is 28.7 Å². The van der Waals surface area contributed by atoms with Gasteiger partial charge in [-0.3, -0.25) is 9.35 Å². The second kappa shape index (κ2) is 16.0. The van der Waals surface area contributed by atoms with Crippen molar-refractivity contribution in [3.05, 3.63) is 119 Å². The van der Waals surface area contributed by atoms with Crippen LogP contribution in [0.5, 0.6) is 11.5 Å². The molecule has 1 unspecified atom stereocenters. The van der Waals surface area contributed by atoms with Gasteiger partial charge in [0.2, 0.25) is 0 Å². The van der Waals surface area contributed by atoms with Crippen molar-refractivity contribution < 1.29 is 18.2 Å². The maximum atomic E-state index is 8.78. The van der Waals surface area contributed by atoms with E-state index in [1.54, 1.807) is 14.2 Å². The van der Waals surface area contributed by atoms with Crippen LogP contribution in [0.25, 0.3) is 0 Å². The van der Waals surface area contributed by atoms with E-state index in [1.807, 2.05) is 36.0 Å². The molecule has 0 spiro atoms. The monoisotopic (exact) mass is 563 g/mol. The number of rotatable bonds is 11. The molecule has 6 nitrogen and oxygen atoms in total. The average molecular weight is 564 g/mol. The standard InChI is InChI=1S/C31H33NO2S.H3NO2S/c1-23-30(22-25-11-16-28(34-3)17-12-25)26(21-24-9-14-27(33-2)15-10-24)13-18-31(23)32-19-20-35-29-7-5-4-6-8-29;1-4(2)3/h4-18,32H,19-22H2,1-3H3;1H2,(H,2,3)/p-1. The van der Waals surface area contributed by atoms with Crippen LogP contribution in [0.15, 0.2) is 95.9 Å². The van der Waals surface area contributed by atoms with Crippen molar-refractivity contribution in [2.75, 3.05) is 31.8 Å². The van der Waals surface area contributed by atoms with E-state index in [-0.39, 0.29) is 0 Å². The lowest BCUT2D eigenvalue weighted by Gasteiger charge is -2.18. The summed E-state index contributed by atoms with van der Waals surface area (Å²) >= 11 is -0.482. The van der Waals surface area contributed by atoms with Gasteiger partial charge in [0.15, 0.2) is 0 Å². The van der Waals surface area contributed by atoms with Gasteiger partial charge >= 0.3 is 0 Å². The van der Waals surface area contributed by atoms with Gasteiger partial charge in [-0.2, -0.15) is 0 Å². The van der Waals surface area contributed by atoms with Crippen LogP contribution < -0.4 is 19.9 Å².